The first-order valence-electron chi connectivity index (χ1n) is 20.0. The smallest absolute Gasteiger partial charge is 0.462 e. The molecule has 0 aromatic heterocycles. The number of ether oxygens (including phenoxy) is 2. The van der Waals surface area contributed by atoms with Crippen LogP contribution in [0.3, 0.4) is 0 Å². The van der Waals surface area contributed by atoms with Gasteiger partial charge in [0.25, 0.3) is 0 Å². The quantitative estimate of drug-likeness (QED) is 0.0162. The minimum absolute atomic E-state index is 0.00491. The molecule has 10 nitrogen and oxygen atoms in total. The van der Waals surface area contributed by atoms with Crippen LogP contribution in [0.25, 0.3) is 0 Å². The molecule has 0 saturated carbocycles. The van der Waals surface area contributed by atoms with Gasteiger partial charge in [0.2, 0.25) is 0 Å². The second-order valence-corrected chi connectivity index (χ2v) is 14.2. The molecule has 3 atom stereocenters. The van der Waals surface area contributed by atoms with E-state index in [-0.39, 0.29) is 12.8 Å². The standard InChI is InChI=1S/C45H69O10P/c1-3-5-7-8-9-10-11-12-13-14-15-16-17-18-19-20-24-27-31-37-45(49)55-43(40-54-56(50,51)52)39-53-44(48)38-32-36-42(47)35-30-26-23-21-22-25-29-34-41(46)33-28-6-4-2/h5,7,9-10,12-13,15-16,18-19,22-27,29-30,34-35,41-43,46-47H,3-4,6,8,11,14,17,20-21,28,31-33,36-40H2,1-2H3,(H2,50,51,52)/b7-5-,10-9-,13-12-,16-15-,19-18-,25-22-,26-23-,27-24-,34-29+,35-30+/t41-,42-,43+/m0/s1. The molecule has 56 heavy (non-hydrogen) atoms. The number of hydrogen-bond acceptors (Lipinski definition) is 8. The second kappa shape index (κ2) is 38.3. The number of carbonyl (C=O) groups excluding carboxylic acids is 2. The second-order valence-electron chi connectivity index (χ2n) is 12.9. The molecule has 0 heterocycles. The molecule has 0 bridgehead atoms. The highest BCUT2D eigenvalue weighted by atomic mass is 31.2. The van der Waals surface area contributed by atoms with Crippen molar-refractivity contribution in [2.45, 2.75) is 135 Å². The minimum Gasteiger partial charge on any atom is -0.462 e. The lowest BCUT2D eigenvalue weighted by molar-refractivity contribution is -0.161. The highest BCUT2D eigenvalue weighted by Crippen LogP contribution is 2.35. The maximum absolute atomic E-state index is 12.4. The Hall–Kier alpha value is -3.63. The van der Waals surface area contributed by atoms with E-state index in [0.717, 1.165) is 57.8 Å². The van der Waals surface area contributed by atoms with Crippen LogP contribution in [0, 0.1) is 0 Å². The average Bonchev–Trinajstić information content (AvgIpc) is 3.15. The molecule has 0 aromatic rings. The minimum atomic E-state index is -4.84. The SMILES string of the molecule is CC/C=C\C/C=C\C/C=C\C/C=C\C/C=C\C/C=C\CCC(=O)O[C@H](COC(=O)CCC[C@@H](O)/C=C/C=C\C/C=C\C=C\[C@@H](O)CCCCC)COP(=O)(O)O. The topological polar surface area (TPSA) is 160 Å². The van der Waals surface area contributed by atoms with Crippen molar-refractivity contribution in [2.75, 3.05) is 13.2 Å². The summed E-state index contributed by atoms with van der Waals surface area (Å²) in [6, 6.07) is 0. The lowest BCUT2D eigenvalue weighted by Crippen LogP contribution is -2.29. The van der Waals surface area contributed by atoms with Gasteiger partial charge in [0, 0.05) is 12.8 Å². The molecule has 0 saturated heterocycles. The Morgan fingerprint density at radius 1 is 0.571 bits per heavy atom. The van der Waals surface area contributed by atoms with E-state index in [2.05, 4.69) is 73.1 Å². The van der Waals surface area contributed by atoms with E-state index in [1.165, 1.54) is 0 Å². The van der Waals surface area contributed by atoms with Gasteiger partial charge in [-0.3, -0.25) is 14.1 Å². The Morgan fingerprint density at radius 2 is 1.05 bits per heavy atom. The van der Waals surface area contributed by atoms with Crippen LogP contribution in [0.15, 0.2) is 122 Å². The average molecular weight is 801 g/mol. The zero-order chi connectivity index (χ0) is 41.4. The van der Waals surface area contributed by atoms with E-state index in [0.29, 0.717) is 32.1 Å². The lowest BCUT2D eigenvalue weighted by Gasteiger charge is -2.18. The summed E-state index contributed by atoms with van der Waals surface area (Å²) < 4.78 is 26.1. The van der Waals surface area contributed by atoms with E-state index < -0.39 is 51.3 Å². The van der Waals surface area contributed by atoms with E-state index in [4.69, 9.17) is 19.3 Å². The van der Waals surface area contributed by atoms with E-state index in [1.807, 2.05) is 48.6 Å². The molecule has 0 spiro atoms. The number of allylic oxidation sites excluding steroid dienone is 18. The van der Waals surface area contributed by atoms with Gasteiger partial charge in [0.1, 0.15) is 6.61 Å². The normalized spacial score (nSPS) is 14.9. The Kier molecular flexibility index (Phi) is 35.8. The Bertz CT molecular complexity index is 1350. The van der Waals surface area contributed by atoms with Crippen LogP contribution >= 0.6 is 7.82 Å². The summed E-state index contributed by atoms with van der Waals surface area (Å²) in [4.78, 5) is 42.8. The molecule has 0 aliphatic heterocycles. The van der Waals surface area contributed by atoms with Gasteiger partial charge in [-0.1, -0.05) is 155 Å². The van der Waals surface area contributed by atoms with Gasteiger partial charge in [-0.2, -0.15) is 0 Å². The van der Waals surface area contributed by atoms with E-state index >= 15 is 0 Å². The lowest BCUT2D eigenvalue weighted by atomic mass is 10.1. The molecular formula is C45H69O10P. The molecule has 314 valence electrons. The van der Waals surface area contributed by atoms with E-state index in [9.17, 15) is 24.4 Å². The number of phosphoric ester groups is 1. The summed E-state index contributed by atoms with van der Waals surface area (Å²) in [5.74, 6) is -1.23. The number of carbonyl (C=O) groups is 2. The van der Waals surface area contributed by atoms with Crippen LogP contribution in [0.1, 0.15) is 117 Å². The number of aliphatic hydroxyl groups is 2. The third kappa shape index (κ3) is 40.0. The largest absolute Gasteiger partial charge is 0.469 e. The molecule has 4 N–H and O–H groups in total. The first-order valence-corrected chi connectivity index (χ1v) is 21.6. The van der Waals surface area contributed by atoms with E-state index in [1.54, 1.807) is 18.2 Å². The molecule has 0 fully saturated rings. The van der Waals surface area contributed by atoms with Gasteiger partial charge in [-0.25, -0.2) is 4.57 Å². The summed E-state index contributed by atoms with van der Waals surface area (Å²) in [7, 11) is -4.84. The molecular weight excluding hydrogens is 731 g/mol. The Morgan fingerprint density at radius 3 is 1.55 bits per heavy atom. The van der Waals surface area contributed by atoms with Gasteiger partial charge in [0.05, 0.1) is 18.8 Å². The molecule has 0 aliphatic carbocycles. The first kappa shape index (κ1) is 52.4. The molecule has 0 amide bonds. The predicted molar refractivity (Wildman–Crippen MR) is 227 cm³/mol. The van der Waals surface area contributed by atoms with Crippen LogP contribution in [0.2, 0.25) is 0 Å². The predicted octanol–water partition coefficient (Wildman–Crippen LogP) is 10.1. The van der Waals surface area contributed by atoms with Crippen molar-refractivity contribution < 1.29 is 48.2 Å². The van der Waals surface area contributed by atoms with Gasteiger partial charge >= 0.3 is 19.8 Å². The number of unbranched alkanes of at least 4 members (excludes halogenated alkanes) is 2. The Labute approximate surface area is 336 Å². The highest BCUT2D eigenvalue weighted by Gasteiger charge is 2.22. The molecule has 0 unspecified atom stereocenters. The zero-order valence-corrected chi connectivity index (χ0v) is 34.6. The monoisotopic (exact) mass is 800 g/mol. The number of phosphoric acid groups is 1. The maximum atomic E-state index is 12.4. The number of aliphatic hydroxyl groups excluding tert-OH is 2. The van der Waals surface area contributed by atoms with Crippen molar-refractivity contribution in [1.82, 2.24) is 0 Å². The third-order valence-corrected chi connectivity index (χ3v) is 8.17. The summed E-state index contributed by atoms with van der Waals surface area (Å²) >= 11 is 0. The molecule has 11 heteroatoms. The highest BCUT2D eigenvalue weighted by molar-refractivity contribution is 7.46. The first-order chi connectivity index (χ1) is 27.1. The molecule has 0 aliphatic rings. The van der Waals surface area contributed by atoms with Crippen molar-refractivity contribution in [1.29, 1.82) is 0 Å². The number of rotatable bonds is 34. The van der Waals surface area contributed by atoms with Gasteiger partial charge < -0.3 is 29.5 Å². The maximum Gasteiger partial charge on any atom is 0.469 e. The summed E-state index contributed by atoms with van der Waals surface area (Å²) in [6.45, 7) is 3.19. The third-order valence-electron chi connectivity index (χ3n) is 7.69. The van der Waals surface area contributed by atoms with Crippen LogP contribution in [0.5, 0.6) is 0 Å². The number of hydrogen-bond donors (Lipinski definition) is 4. The molecule has 0 rings (SSSR count). The molecule has 0 radical (unpaired) electrons. The van der Waals surface area contributed by atoms with Crippen molar-refractivity contribution in [3.8, 4) is 0 Å². The van der Waals surface area contributed by atoms with Crippen LogP contribution in [-0.4, -0.2) is 63.5 Å². The molecule has 0 aromatic carbocycles. The van der Waals surface area contributed by atoms with Crippen molar-refractivity contribution in [2.24, 2.45) is 0 Å². The van der Waals surface area contributed by atoms with Crippen LogP contribution in [0.4, 0.5) is 0 Å². The van der Waals surface area contributed by atoms with Crippen LogP contribution < -0.4 is 0 Å². The van der Waals surface area contributed by atoms with Gasteiger partial charge in [-0.15, -0.1) is 0 Å². The van der Waals surface area contributed by atoms with Gasteiger partial charge in [0.15, 0.2) is 6.10 Å². The summed E-state index contributed by atoms with van der Waals surface area (Å²) in [5, 5.41) is 20.0. The van der Waals surface area contributed by atoms with Gasteiger partial charge in [-0.05, 0) is 70.6 Å². The fourth-order valence-corrected chi connectivity index (χ4v) is 5.03. The van der Waals surface area contributed by atoms with Crippen LogP contribution in [-0.2, 0) is 28.2 Å². The van der Waals surface area contributed by atoms with Crippen molar-refractivity contribution >= 4 is 19.8 Å². The fourth-order valence-electron chi connectivity index (χ4n) is 4.67. The summed E-state index contributed by atoms with van der Waals surface area (Å²) in [5.41, 5.74) is 0. The number of esters is 2. The van der Waals surface area contributed by atoms with Crippen molar-refractivity contribution in [3.63, 3.8) is 0 Å². The Balaban J connectivity index is 4.34. The van der Waals surface area contributed by atoms with Crippen molar-refractivity contribution in [3.05, 3.63) is 122 Å². The zero-order valence-electron chi connectivity index (χ0n) is 33.7. The fraction of sp³-hybridized carbons (Fsp3) is 0.511. The summed E-state index contributed by atoms with van der Waals surface area (Å²) in [6.07, 6.45) is 48.6.